The van der Waals surface area contributed by atoms with Crippen LogP contribution in [0.25, 0.3) is 10.9 Å². The summed E-state index contributed by atoms with van der Waals surface area (Å²) in [6.45, 7) is 0.716. The van der Waals surface area contributed by atoms with E-state index in [0.29, 0.717) is 12.1 Å². The molecule has 0 bridgehead atoms. The Labute approximate surface area is 115 Å². The van der Waals surface area contributed by atoms with E-state index < -0.39 is 0 Å². The van der Waals surface area contributed by atoms with E-state index in [1.54, 1.807) is 4.68 Å². The molecule has 0 saturated carbocycles. The van der Waals surface area contributed by atoms with Crippen LogP contribution in [-0.4, -0.2) is 25.4 Å². The number of rotatable bonds is 3. The predicted molar refractivity (Wildman–Crippen MR) is 76.8 cm³/mol. The molecule has 0 atom stereocenters. The zero-order valence-corrected chi connectivity index (χ0v) is 11.1. The van der Waals surface area contributed by atoms with Crippen molar-refractivity contribution in [2.45, 2.75) is 6.54 Å². The summed E-state index contributed by atoms with van der Waals surface area (Å²) >= 11 is 0. The van der Waals surface area contributed by atoms with Gasteiger partial charge in [-0.25, -0.2) is 0 Å². The van der Waals surface area contributed by atoms with Crippen LogP contribution in [0.15, 0.2) is 47.9 Å². The minimum absolute atomic E-state index is 0.115. The van der Waals surface area contributed by atoms with Gasteiger partial charge in [0.15, 0.2) is 5.84 Å². The number of benzene rings is 1. The van der Waals surface area contributed by atoms with E-state index in [0.717, 1.165) is 16.6 Å². The third kappa shape index (κ3) is 2.11. The van der Waals surface area contributed by atoms with Gasteiger partial charge in [0, 0.05) is 35.9 Å². The fourth-order valence-corrected chi connectivity index (χ4v) is 2.28. The van der Waals surface area contributed by atoms with Gasteiger partial charge < -0.3 is 15.5 Å². The van der Waals surface area contributed by atoms with Gasteiger partial charge in [-0.05, 0) is 30.3 Å². The molecule has 102 valence electrons. The fourth-order valence-electron chi connectivity index (χ4n) is 2.28. The summed E-state index contributed by atoms with van der Waals surface area (Å²) in [5.41, 5.74) is 8.40. The van der Waals surface area contributed by atoms with Gasteiger partial charge in [-0.1, -0.05) is 5.16 Å². The maximum Gasteiger partial charge on any atom is 0.170 e. The first-order valence-corrected chi connectivity index (χ1v) is 6.22. The zero-order valence-electron chi connectivity index (χ0n) is 11.1. The Morgan fingerprint density at radius 2 is 2.15 bits per heavy atom. The molecule has 20 heavy (non-hydrogen) atoms. The number of hydrogen-bond donors (Lipinski definition) is 2. The number of aryl methyl sites for hydroxylation is 1. The average molecular weight is 269 g/mol. The molecule has 1 aromatic carbocycles. The highest BCUT2D eigenvalue weighted by Crippen LogP contribution is 2.18. The first kappa shape index (κ1) is 12.3. The molecule has 0 amide bonds. The quantitative estimate of drug-likeness (QED) is 0.327. The molecule has 3 rings (SSSR count). The number of amidine groups is 1. The molecule has 3 aromatic rings. The van der Waals surface area contributed by atoms with E-state index in [4.69, 9.17) is 10.9 Å². The van der Waals surface area contributed by atoms with Gasteiger partial charge in [0.2, 0.25) is 0 Å². The van der Waals surface area contributed by atoms with E-state index in [9.17, 15) is 0 Å². The zero-order chi connectivity index (χ0) is 14.1. The van der Waals surface area contributed by atoms with Crippen LogP contribution in [-0.2, 0) is 13.6 Å². The SMILES string of the molecule is Cn1ccc(Cn2ccc3cc(/C(N)=N/O)ccc32)n1. The highest BCUT2D eigenvalue weighted by Gasteiger charge is 2.06. The van der Waals surface area contributed by atoms with E-state index in [-0.39, 0.29) is 5.84 Å². The van der Waals surface area contributed by atoms with Crippen molar-refractivity contribution < 1.29 is 5.21 Å². The van der Waals surface area contributed by atoms with E-state index in [1.807, 2.05) is 49.8 Å². The number of nitrogens with two attached hydrogens (primary N) is 1. The van der Waals surface area contributed by atoms with Crippen molar-refractivity contribution in [1.29, 1.82) is 0 Å². The maximum absolute atomic E-state index is 8.71. The molecule has 6 heteroatoms. The molecule has 0 radical (unpaired) electrons. The highest BCUT2D eigenvalue weighted by molar-refractivity contribution is 6.00. The Morgan fingerprint density at radius 1 is 1.30 bits per heavy atom. The lowest BCUT2D eigenvalue weighted by molar-refractivity contribution is 0.318. The average Bonchev–Trinajstić information content (AvgIpc) is 3.05. The summed E-state index contributed by atoms with van der Waals surface area (Å²) in [5.74, 6) is 0.115. The third-order valence-corrected chi connectivity index (χ3v) is 3.28. The molecule has 3 N–H and O–H groups in total. The molecule has 0 unspecified atom stereocenters. The number of aromatic nitrogens is 3. The van der Waals surface area contributed by atoms with Gasteiger partial charge in [-0.3, -0.25) is 4.68 Å². The molecule has 0 fully saturated rings. The summed E-state index contributed by atoms with van der Waals surface area (Å²) in [6, 6.07) is 9.71. The molecular formula is C14H15N5O. The van der Waals surface area contributed by atoms with Crippen molar-refractivity contribution in [1.82, 2.24) is 14.3 Å². The maximum atomic E-state index is 8.71. The second kappa shape index (κ2) is 4.73. The van der Waals surface area contributed by atoms with E-state index in [1.165, 1.54) is 0 Å². The first-order chi connectivity index (χ1) is 9.67. The Hall–Kier alpha value is -2.76. The molecule has 0 saturated heterocycles. The van der Waals surface area contributed by atoms with Crippen molar-refractivity contribution in [3.8, 4) is 0 Å². The summed E-state index contributed by atoms with van der Waals surface area (Å²) in [5, 5.41) is 17.1. The van der Waals surface area contributed by atoms with Crippen molar-refractivity contribution >= 4 is 16.7 Å². The van der Waals surface area contributed by atoms with E-state index in [2.05, 4.69) is 14.8 Å². The fraction of sp³-hybridized carbons (Fsp3) is 0.143. The first-order valence-electron chi connectivity index (χ1n) is 6.22. The Kier molecular flexibility index (Phi) is 2.90. The van der Waals surface area contributed by atoms with Crippen LogP contribution in [0.4, 0.5) is 0 Å². The van der Waals surface area contributed by atoms with Crippen LogP contribution in [0.2, 0.25) is 0 Å². The van der Waals surface area contributed by atoms with Gasteiger partial charge in [-0.2, -0.15) is 5.10 Å². The van der Waals surface area contributed by atoms with E-state index >= 15 is 0 Å². The Morgan fingerprint density at radius 3 is 2.85 bits per heavy atom. The predicted octanol–water partition coefficient (Wildman–Crippen LogP) is 1.52. The molecule has 2 heterocycles. The summed E-state index contributed by atoms with van der Waals surface area (Å²) < 4.78 is 3.91. The number of oxime groups is 1. The normalized spacial score (nSPS) is 12.2. The van der Waals surface area contributed by atoms with Gasteiger partial charge in [0.05, 0.1) is 12.2 Å². The van der Waals surface area contributed by atoms with Crippen LogP contribution in [0.3, 0.4) is 0 Å². The van der Waals surface area contributed by atoms with Crippen LogP contribution in [0, 0.1) is 0 Å². The monoisotopic (exact) mass is 269 g/mol. The van der Waals surface area contributed by atoms with Crippen LogP contribution in [0.5, 0.6) is 0 Å². The highest BCUT2D eigenvalue weighted by atomic mass is 16.4. The lowest BCUT2D eigenvalue weighted by Gasteiger charge is -2.04. The lowest BCUT2D eigenvalue weighted by Crippen LogP contribution is -2.12. The minimum atomic E-state index is 0.115. The standard InChI is InChI=1S/C14H15N5O/c1-18-6-5-12(16-18)9-19-7-4-10-8-11(14(15)17-20)2-3-13(10)19/h2-8,20H,9H2,1H3,(H2,15,17). The van der Waals surface area contributed by atoms with Crippen LogP contribution >= 0.6 is 0 Å². The van der Waals surface area contributed by atoms with Gasteiger partial charge in [0.25, 0.3) is 0 Å². The van der Waals surface area contributed by atoms with Crippen molar-refractivity contribution in [2.24, 2.45) is 17.9 Å². The summed E-state index contributed by atoms with van der Waals surface area (Å²) in [7, 11) is 1.90. The molecule has 0 aliphatic rings. The largest absolute Gasteiger partial charge is 0.409 e. The second-order valence-corrected chi connectivity index (χ2v) is 4.68. The van der Waals surface area contributed by atoms with Crippen molar-refractivity contribution in [3.63, 3.8) is 0 Å². The minimum Gasteiger partial charge on any atom is -0.409 e. The summed E-state index contributed by atoms with van der Waals surface area (Å²) in [4.78, 5) is 0. The number of hydrogen-bond acceptors (Lipinski definition) is 3. The Bertz CT molecular complexity index is 784. The number of fused-ring (bicyclic) bond motifs is 1. The van der Waals surface area contributed by atoms with Crippen molar-refractivity contribution in [2.75, 3.05) is 0 Å². The molecule has 0 aliphatic heterocycles. The molecule has 2 aromatic heterocycles. The van der Waals surface area contributed by atoms with Gasteiger partial charge in [-0.15, -0.1) is 0 Å². The van der Waals surface area contributed by atoms with Gasteiger partial charge in [0.1, 0.15) is 0 Å². The summed E-state index contributed by atoms with van der Waals surface area (Å²) in [6.07, 6.45) is 3.94. The molecule has 0 spiro atoms. The number of nitrogens with zero attached hydrogens (tertiary/aromatic N) is 4. The van der Waals surface area contributed by atoms with Crippen LogP contribution in [0.1, 0.15) is 11.3 Å². The van der Waals surface area contributed by atoms with Crippen molar-refractivity contribution in [3.05, 3.63) is 54.0 Å². The third-order valence-electron chi connectivity index (χ3n) is 3.28. The topological polar surface area (TPSA) is 81.4 Å². The smallest absolute Gasteiger partial charge is 0.170 e. The molecular weight excluding hydrogens is 254 g/mol. The second-order valence-electron chi connectivity index (χ2n) is 4.68. The molecule has 6 nitrogen and oxygen atoms in total. The van der Waals surface area contributed by atoms with Gasteiger partial charge >= 0.3 is 0 Å². The molecule has 0 aliphatic carbocycles. The Balaban J connectivity index is 1.97. The van der Waals surface area contributed by atoms with Crippen LogP contribution < -0.4 is 5.73 Å². The lowest BCUT2D eigenvalue weighted by atomic mass is 10.1.